The number of hydrogen-bond acceptors (Lipinski definition) is 3. The van der Waals surface area contributed by atoms with Gasteiger partial charge >= 0.3 is 0 Å². The van der Waals surface area contributed by atoms with Crippen molar-refractivity contribution >= 4 is 0 Å². The minimum atomic E-state index is -0.285. The van der Waals surface area contributed by atoms with Gasteiger partial charge in [-0.2, -0.15) is 0 Å². The molecule has 14 heavy (non-hydrogen) atoms. The first-order valence-corrected chi connectivity index (χ1v) is 5.25. The van der Waals surface area contributed by atoms with E-state index in [4.69, 9.17) is 4.42 Å². The molecule has 0 spiro atoms. The number of nitrogens with one attached hydrogen (secondary N) is 1. The van der Waals surface area contributed by atoms with Crippen molar-refractivity contribution in [3.05, 3.63) is 23.7 Å². The number of aliphatic hydroxyl groups excluding tert-OH is 1. The van der Waals surface area contributed by atoms with Crippen LogP contribution in [0.2, 0.25) is 0 Å². The van der Waals surface area contributed by atoms with Gasteiger partial charge < -0.3 is 14.8 Å². The summed E-state index contributed by atoms with van der Waals surface area (Å²) in [5.74, 6) is 1.11. The lowest BCUT2D eigenvalue weighted by atomic mass is 9.93. The zero-order valence-corrected chi connectivity index (χ0v) is 8.49. The lowest BCUT2D eigenvalue weighted by molar-refractivity contribution is 0.184. The molecule has 2 atom stereocenters. The average molecular weight is 195 g/mol. The summed E-state index contributed by atoms with van der Waals surface area (Å²) in [4.78, 5) is 0. The van der Waals surface area contributed by atoms with Crippen LogP contribution in [-0.2, 0) is 6.42 Å². The zero-order valence-electron chi connectivity index (χ0n) is 8.49. The van der Waals surface area contributed by atoms with Crippen LogP contribution >= 0.6 is 0 Å². The van der Waals surface area contributed by atoms with Crippen molar-refractivity contribution in [2.24, 2.45) is 0 Å². The average Bonchev–Trinajstić information content (AvgIpc) is 2.62. The van der Waals surface area contributed by atoms with E-state index in [2.05, 4.69) is 5.32 Å². The van der Waals surface area contributed by atoms with Crippen molar-refractivity contribution in [3.63, 3.8) is 0 Å². The summed E-state index contributed by atoms with van der Waals surface area (Å²) < 4.78 is 5.39. The van der Waals surface area contributed by atoms with Crippen LogP contribution in [0.5, 0.6) is 0 Å². The molecular weight excluding hydrogens is 178 g/mol. The molecule has 0 radical (unpaired) electrons. The molecular formula is C11H17NO2. The molecule has 2 N–H and O–H groups in total. The molecule has 0 amide bonds. The molecule has 0 aliphatic heterocycles. The molecule has 0 saturated heterocycles. The normalized spacial score (nSPS) is 23.1. The summed E-state index contributed by atoms with van der Waals surface area (Å²) in [6, 6.07) is 2.40. The predicted octanol–water partition coefficient (Wildman–Crippen LogP) is 1.63. The van der Waals surface area contributed by atoms with Gasteiger partial charge in [0.05, 0.1) is 12.4 Å². The van der Waals surface area contributed by atoms with E-state index in [-0.39, 0.29) is 6.10 Å². The first-order chi connectivity index (χ1) is 6.77. The van der Waals surface area contributed by atoms with E-state index >= 15 is 0 Å². The van der Waals surface area contributed by atoms with Crippen molar-refractivity contribution in [1.29, 1.82) is 0 Å². The minimum Gasteiger partial charge on any atom is -0.469 e. The van der Waals surface area contributed by atoms with Crippen LogP contribution in [0.3, 0.4) is 0 Å². The van der Waals surface area contributed by atoms with Gasteiger partial charge in [-0.1, -0.05) is 0 Å². The third kappa shape index (κ3) is 1.99. The number of aliphatic hydroxyl groups is 1. The standard InChI is InChI=1S/C11H17NO2/c1-8(13)7-12-10-3-2-4-11-9(10)5-6-14-11/h5-6,8,10,12-13H,2-4,7H2,1H3. The van der Waals surface area contributed by atoms with Crippen LogP contribution in [0.25, 0.3) is 0 Å². The van der Waals surface area contributed by atoms with E-state index in [1.165, 1.54) is 5.56 Å². The molecule has 1 aliphatic carbocycles. The van der Waals surface area contributed by atoms with Crippen molar-refractivity contribution < 1.29 is 9.52 Å². The van der Waals surface area contributed by atoms with E-state index in [1.807, 2.05) is 6.07 Å². The molecule has 1 aromatic heterocycles. The van der Waals surface area contributed by atoms with Gasteiger partial charge in [0.25, 0.3) is 0 Å². The van der Waals surface area contributed by atoms with Gasteiger partial charge in [-0.15, -0.1) is 0 Å². The van der Waals surface area contributed by atoms with Gasteiger partial charge in [-0.25, -0.2) is 0 Å². The van der Waals surface area contributed by atoms with Crippen LogP contribution in [-0.4, -0.2) is 17.8 Å². The fraction of sp³-hybridized carbons (Fsp3) is 0.636. The number of aryl methyl sites for hydroxylation is 1. The number of fused-ring (bicyclic) bond motifs is 1. The summed E-state index contributed by atoms with van der Waals surface area (Å²) >= 11 is 0. The van der Waals surface area contributed by atoms with Gasteiger partial charge in [-0.05, 0) is 25.8 Å². The molecule has 2 rings (SSSR count). The van der Waals surface area contributed by atoms with Gasteiger partial charge in [0.2, 0.25) is 0 Å². The Morgan fingerprint density at radius 1 is 1.71 bits per heavy atom. The Kier molecular flexibility index (Phi) is 2.89. The van der Waals surface area contributed by atoms with Crippen molar-refractivity contribution in [2.75, 3.05) is 6.54 Å². The highest BCUT2D eigenvalue weighted by atomic mass is 16.3. The van der Waals surface area contributed by atoms with Crippen LogP contribution in [0.15, 0.2) is 16.7 Å². The summed E-state index contributed by atoms with van der Waals surface area (Å²) in [6.45, 7) is 2.45. The van der Waals surface area contributed by atoms with Gasteiger partial charge in [0.15, 0.2) is 0 Å². The van der Waals surface area contributed by atoms with E-state index in [1.54, 1.807) is 13.2 Å². The Hall–Kier alpha value is -0.800. The largest absolute Gasteiger partial charge is 0.469 e. The topological polar surface area (TPSA) is 45.4 Å². The third-order valence-electron chi connectivity index (χ3n) is 2.71. The monoisotopic (exact) mass is 195 g/mol. The predicted molar refractivity (Wildman–Crippen MR) is 54.1 cm³/mol. The van der Waals surface area contributed by atoms with Crippen LogP contribution in [0, 0.1) is 0 Å². The molecule has 0 aromatic carbocycles. The summed E-state index contributed by atoms with van der Waals surface area (Å²) in [6.07, 6.45) is 4.83. The molecule has 1 heterocycles. The van der Waals surface area contributed by atoms with Crippen molar-refractivity contribution in [1.82, 2.24) is 5.32 Å². The van der Waals surface area contributed by atoms with Gasteiger partial charge in [-0.3, -0.25) is 0 Å². The Morgan fingerprint density at radius 2 is 2.57 bits per heavy atom. The van der Waals surface area contributed by atoms with Gasteiger partial charge in [0.1, 0.15) is 5.76 Å². The second-order valence-corrected chi connectivity index (χ2v) is 4.00. The lowest BCUT2D eigenvalue weighted by Crippen LogP contribution is -2.30. The number of furan rings is 1. The first kappa shape index (κ1) is 9.74. The molecule has 1 aromatic rings. The smallest absolute Gasteiger partial charge is 0.108 e. The second kappa shape index (κ2) is 4.15. The molecule has 78 valence electrons. The van der Waals surface area contributed by atoms with Crippen molar-refractivity contribution in [2.45, 2.75) is 38.3 Å². The molecule has 3 nitrogen and oxygen atoms in total. The van der Waals surface area contributed by atoms with Crippen LogP contribution in [0.4, 0.5) is 0 Å². The molecule has 0 fully saturated rings. The summed E-state index contributed by atoms with van der Waals surface area (Å²) in [7, 11) is 0. The number of rotatable bonds is 3. The maximum absolute atomic E-state index is 9.20. The highest BCUT2D eigenvalue weighted by Gasteiger charge is 2.21. The highest BCUT2D eigenvalue weighted by molar-refractivity contribution is 5.23. The quantitative estimate of drug-likeness (QED) is 0.770. The summed E-state index contributed by atoms with van der Waals surface area (Å²) in [5, 5.41) is 12.5. The van der Waals surface area contributed by atoms with Crippen LogP contribution in [0.1, 0.15) is 37.1 Å². The maximum Gasteiger partial charge on any atom is 0.108 e. The molecule has 2 unspecified atom stereocenters. The summed E-state index contributed by atoms with van der Waals surface area (Å²) in [5.41, 5.74) is 1.27. The fourth-order valence-corrected chi connectivity index (χ4v) is 2.01. The minimum absolute atomic E-state index is 0.285. The SMILES string of the molecule is CC(O)CNC1CCCc2occc21. The van der Waals surface area contributed by atoms with Gasteiger partial charge in [0, 0.05) is 24.6 Å². The molecule has 3 heteroatoms. The zero-order chi connectivity index (χ0) is 9.97. The second-order valence-electron chi connectivity index (χ2n) is 4.00. The van der Waals surface area contributed by atoms with E-state index < -0.39 is 0 Å². The Balaban J connectivity index is 2.01. The Bertz CT molecular complexity index is 293. The molecule has 1 aliphatic rings. The fourth-order valence-electron chi connectivity index (χ4n) is 2.01. The first-order valence-electron chi connectivity index (χ1n) is 5.25. The highest BCUT2D eigenvalue weighted by Crippen LogP contribution is 2.30. The Morgan fingerprint density at radius 3 is 3.36 bits per heavy atom. The van der Waals surface area contributed by atoms with E-state index in [0.717, 1.165) is 25.0 Å². The Labute approximate surface area is 84.1 Å². The number of hydrogen-bond donors (Lipinski definition) is 2. The van der Waals surface area contributed by atoms with Crippen LogP contribution < -0.4 is 5.32 Å². The maximum atomic E-state index is 9.20. The van der Waals surface area contributed by atoms with Crippen molar-refractivity contribution in [3.8, 4) is 0 Å². The molecule has 0 saturated carbocycles. The molecule has 0 bridgehead atoms. The van der Waals surface area contributed by atoms with E-state index in [9.17, 15) is 5.11 Å². The third-order valence-corrected chi connectivity index (χ3v) is 2.71. The van der Waals surface area contributed by atoms with E-state index in [0.29, 0.717) is 12.6 Å². The lowest BCUT2D eigenvalue weighted by Gasteiger charge is -2.23.